The third kappa shape index (κ3) is 4.46. The summed E-state index contributed by atoms with van der Waals surface area (Å²) in [4.78, 5) is 16.8. The highest BCUT2D eigenvalue weighted by Crippen LogP contribution is 2.26. The van der Waals surface area contributed by atoms with Crippen molar-refractivity contribution in [2.75, 3.05) is 0 Å². The predicted molar refractivity (Wildman–Crippen MR) is 113 cm³/mol. The zero-order valence-electron chi connectivity index (χ0n) is 16.8. The second-order valence-corrected chi connectivity index (χ2v) is 7.48. The van der Waals surface area contributed by atoms with Crippen LogP contribution in [0.1, 0.15) is 43.7 Å². The lowest BCUT2D eigenvalue weighted by Gasteiger charge is -2.14. The summed E-state index contributed by atoms with van der Waals surface area (Å²) in [6.45, 7) is 6.73. The number of fused-ring (bicyclic) bond motifs is 1. The Hall–Kier alpha value is -3.18. The Bertz CT molecular complexity index is 1010. The zero-order valence-corrected chi connectivity index (χ0v) is 16.8. The molecule has 29 heavy (non-hydrogen) atoms. The summed E-state index contributed by atoms with van der Waals surface area (Å²) in [7, 11) is 0. The second kappa shape index (κ2) is 8.45. The van der Waals surface area contributed by atoms with Crippen LogP contribution >= 0.6 is 0 Å². The van der Waals surface area contributed by atoms with Gasteiger partial charge >= 0.3 is 0 Å². The molecule has 5 nitrogen and oxygen atoms in total. The van der Waals surface area contributed by atoms with Gasteiger partial charge < -0.3 is 15.4 Å². The van der Waals surface area contributed by atoms with Gasteiger partial charge in [0.15, 0.2) is 0 Å². The van der Waals surface area contributed by atoms with E-state index in [1.54, 1.807) is 12.4 Å². The Balaban J connectivity index is 1.41. The van der Waals surface area contributed by atoms with E-state index in [1.807, 2.05) is 38.1 Å². The number of benzene rings is 2. The Morgan fingerprint density at radius 3 is 2.62 bits per heavy atom. The predicted octanol–water partition coefficient (Wildman–Crippen LogP) is 3.81. The van der Waals surface area contributed by atoms with Gasteiger partial charge in [-0.2, -0.15) is 0 Å². The van der Waals surface area contributed by atoms with Crippen molar-refractivity contribution >= 4 is 5.91 Å². The van der Waals surface area contributed by atoms with Crippen molar-refractivity contribution in [3.8, 4) is 5.75 Å². The van der Waals surface area contributed by atoms with Crippen LogP contribution in [0.3, 0.4) is 0 Å². The van der Waals surface area contributed by atoms with Gasteiger partial charge in [-0.15, -0.1) is 0 Å². The first-order chi connectivity index (χ1) is 14.1. The van der Waals surface area contributed by atoms with E-state index in [2.05, 4.69) is 33.8 Å². The highest BCUT2D eigenvalue weighted by molar-refractivity contribution is 5.94. The van der Waals surface area contributed by atoms with Gasteiger partial charge in [0.1, 0.15) is 12.4 Å². The number of hydrogen-bond donors (Lipinski definition) is 2. The largest absolute Gasteiger partial charge is 0.488 e. The molecule has 3 aromatic rings. The van der Waals surface area contributed by atoms with E-state index in [-0.39, 0.29) is 5.91 Å². The van der Waals surface area contributed by atoms with Crippen molar-refractivity contribution < 1.29 is 9.53 Å². The molecule has 5 heteroatoms. The molecule has 0 unspecified atom stereocenters. The maximum atomic E-state index is 12.7. The fourth-order valence-corrected chi connectivity index (χ4v) is 3.69. The Morgan fingerprint density at radius 2 is 1.86 bits per heavy atom. The average Bonchev–Trinajstić information content (AvgIpc) is 3.20. The van der Waals surface area contributed by atoms with Crippen LogP contribution in [0.25, 0.3) is 0 Å². The van der Waals surface area contributed by atoms with Crippen molar-refractivity contribution in [3.05, 3.63) is 93.8 Å². The van der Waals surface area contributed by atoms with Gasteiger partial charge in [-0.3, -0.25) is 9.78 Å². The number of rotatable bonds is 6. The molecule has 0 bridgehead atoms. The van der Waals surface area contributed by atoms with Crippen LogP contribution in [0, 0.1) is 13.8 Å². The van der Waals surface area contributed by atoms with E-state index >= 15 is 0 Å². The van der Waals surface area contributed by atoms with E-state index in [1.165, 1.54) is 11.1 Å². The lowest BCUT2D eigenvalue weighted by molar-refractivity contribution is 0.0950. The minimum atomic E-state index is -0.0753. The van der Waals surface area contributed by atoms with Crippen molar-refractivity contribution in [2.24, 2.45) is 0 Å². The summed E-state index contributed by atoms with van der Waals surface area (Å²) < 4.78 is 5.98. The molecular weight excluding hydrogens is 362 g/mol. The molecule has 0 saturated carbocycles. The number of aromatic nitrogens is 1. The SMILES string of the molecule is Cc1cc(C(=O)NCc2ccc3c(c2)CNC3)cc(C)c1OCc1cccnc1. The number of ether oxygens (including phenoxy) is 1. The van der Waals surface area contributed by atoms with Crippen molar-refractivity contribution in [3.63, 3.8) is 0 Å². The normalized spacial score (nSPS) is 12.5. The Kier molecular flexibility index (Phi) is 5.58. The van der Waals surface area contributed by atoms with Crippen LogP contribution < -0.4 is 15.4 Å². The van der Waals surface area contributed by atoms with Gasteiger partial charge in [0, 0.05) is 43.2 Å². The molecule has 1 aromatic heterocycles. The molecule has 0 saturated heterocycles. The number of aryl methyl sites for hydroxylation is 2. The van der Waals surface area contributed by atoms with Crippen LogP contribution in [0.5, 0.6) is 5.75 Å². The molecule has 2 aromatic carbocycles. The molecule has 1 aliphatic rings. The maximum Gasteiger partial charge on any atom is 0.251 e. The Labute approximate surface area is 171 Å². The van der Waals surface area contributed by atoms with Crippen LogP contribution in [-0.2, 0) is 26.2 Å². The molecule has 2 N–H and O–H groups in total. The molecule has 0 spiro atoms. The molecule has 0 atom stereocenters. The summed E-state index contributed by atoms with van der Waals surface area (Å²) in [5, 5.41) is 6.37. The second-order valence-electron chi connectivity index (χ2n) is 7.48. The van der Waals surface area contributed by atoms with E-state index in [9.17, 15) is 4.79 Å². The van der Waals surface area contributed by atoms with Crippen LogP contribution in [0.4, 0.5) is 0 Å². The number of carbonyl (C=O) groups is 1. The molecule has 1 amide bonds. The summed E-state index contributed by atoms with van der Waals surface area (Å²) in [5.41, 5.74) is 7.33. The highest BCUT2D eigenvalue weighted by atomic mass is 16.5. The summed E-state index contributed by atoms with van der Waals surface area (Å²) >= 11 is 0. The summed E-state index contributed by atoms with van der Waals surface area (Å²) in [6, 6.07) is 14.0. The molecule has 1 aliphatic heterocycles. The van der Waals surface area contributed by atoms with Crippen molar-refractivity contribution in [1.29, 1.82) is 0 Å². The zero-order chi connectivity index (χ0) is 20.2. The smallest absolute Gasteiger partial charge is 0.251 e. The van der Waals surface area contributed by atoms with E-state index in [0.717, 1.165) is 41.1 Å². The molecule has 0 radical (unpaired) electrons. The number of carbonyl (C=O) groups excluding carboxylic acids is 1. The maximum absolute atomic E-state index is 12.7. The van der Waals surface area contributed by atoms with Gasteiger partial charge in [0.2, 0.25) is 0 Å². The number of nitrogens with one attached hydrogen (secondary N) is 2. The molecule has 4 rings (SSSR count). The van der Waals surface area contributed by atoms with Gasteiger partial charge in [-0.25, -0.2) is 0 Å². The minimum Gasteiger partial charge on any atom is -0.488 e. The lowest BCUT2D eigenvalue weighted by Crippen LogP contribution is -2.23. The average molecular weight is 387 g/mol. The quantitative estimate of drug-likeness (QED) is 0.675. The monoisotopic (exact) mass is 387 g/mol. The number of pyridine rings is 1. The highest BCUT2D eigenvalue weighted by Gasteiger charge is 2.13. The van der Waals surface area contributed by atoms with Crippen LogP contribution in [0.2, 0.25) is 0 Å². The third-order valence-corrected chi connectivity index (χ3v) is 5.18. The van der Waals surface area contributed by atoms with Gasteiger partial charge in [0.25, 0.3) is 5.91 Å². The Morgan fingerprint density at radius 1 is 1.07 bits per heavy atom. The fourth-order valence-electron chi connectivity index (χ4n) is 3.69. The molecule has 0 fully saturated rings. The molecule has 2 heterocycles. The topological polar surface area (TPSA) is 63.2 Å². The molecule has 0 aliphatic carbocycles. The first-order valence-electron chi connectivity index (χ1n) is 9.82. The fraction of sp³-hybridized carbons (Fsp3) is 0.250. The summed E-state index contributed by atoms with van der Waals surface area (Å²) in [6.07, 6.45) is 3.54. The molecule has 148 valence electrons. The van der Waals surface area contributed by atoms with E-state index in [0.29, 0.717) is 18.7 Å². The van der Waals surface area contributed by atoms with Crippen molar-refractivity contribution in [2.45, 2.75) is 40.1 Å². The third-order valence-electron chi connectivity index (χ3n) is 5.18. The first kappa shape index (κ1) is 19.2. The minimum absolute atomic E-state index is 0.0753. The number of amides is 1. The van der Waals surface area contributed by atoms with E-state index in [4.69, 9.17) is 4.74 Å². The van der Waals surface area contributed by atoms with Crippen LogP contribution in [-0.4, -0.2) is 10.9 Å². The lowest BCUT2D eigenvalue weighted by atomic mass is 10.0. The number of nitrogens with zero attached hydrogens (tertiary/aromatic N) is 1. The summed E-state index contributed by atoms with van der Waals surface area (Å²) in [5.74, 6) is 0.741. The van der Waals surface area contributed by atoms with Gasteiger partial charge in [0.05, 0.1) is 0 Å². The standard InChI is InChI=1S/C24H25N3O2/c1-16-8-21(9-17(2)23(16)29-15-19-4-3-7-25-11-19)24(28)27-12-18-5-6-20-13-26-14-22(20)10-18/h3-11,26H,12-15H2,1-2H3,(H,27,28). The number of hydrogen-bond acceptors (Lipinski definition) is 4. The van der Waals surface area contributed by atoms with Gasteiger partial charge in [-0.1, -0.05) is 24.3 Å². The van der Waals surface area contributed by atoms with Crippen molar-refractivity contribution in [1.82, 2.24) is 15.6 Å². The van der Waals surface area contributed by atoms with Crippen LogP contribution in [0.15, 0.2) is 54.9 Å². The molecular formula is C24H25N3O2. The van der Waals surface area contributed by atoms with E-state index < -0.39 is 0 Å². The van der Waals surface area contributed by atoms with Gasteiger partial charge in [-0.05, 0) is 59.9 Å². The first-order valence-corrected chi connectivity index (χ1v) is 9.82.